The largest absolute Gasteiger partial charge is 0.481 e. The molecule has 0 fully saturated rings. The third kappa shape index (κ3) is 4.49. The van der Waals surface area contributed by atoms with Gasteiger partial charge in [-0.1, -0.05) is 15.9 Å². The first-order valence-electron chi connectivity index (χ1n) is 4.60. The molecular formula is C10H7Br2F3O3. The van der Waals surface area contributed by atoms with Gasteiger partial charge in [-0.05, 0) is 34.1 Å². The lowest BCUT2D eigenvalue weighted by Gasteiger charge is -2.21. The average molecular weight is 392 g/mol. The number of carboxylic acid groups (broad SMARTS) is 1. The number of carboxylic acids is 1. The molecule has 0 amide bonds. The Kier molecular flexibility index (Phi) is 5.03. The van der Waals surface area contributed by atoms with Crippen LogP contribution in [0.1, 0.15) is 6.42 Å². The zero-order chi connectivity index (χ0) is 13.9. The molecular weight excluding hydrogens is 385 g/mol. The molecule has 0 aliphatic rings. The fourth-order valence-corrected chi connectivity index (χ4v) is 2.25. The number of ether oxygens (including phenoxy) is 1. The molecule has 18 heavy (non-hydrogen) atoms. The SMILES string of the molecule is O=C(O)CC(Oc1ccc(Br)cc1Br)C(F)(F)F. The molecule has 0 spiro atoms. The molecule has 0 aliphatic heterocycles. The summed E-state index contributed by atoms with van der Waals surface area (Å²) in [5, 5.41) is 8.44. The molecule has 0 aliphatic carbocycles. The smallest absolute Gasteiger partial charge is 0.426 e. The predicted octanol–water partition coefficient (Wildman–Crippen LogP) is 4.00. The van der Waals surface area contributed by atoms with Gasteiger partial charge in [0, 0.05) is 4.47 Å². The fourth-order valence-electron chi connectivity index (χ4n) is 1.11. The summed E-state index contributed by atoms with van der Waals surface area (Å²) in [6, 6.07) is 4.31. The van der Waals surface area contributed by atoms with Crippen molar-refractivity contribution in [3.63, 3.8) is 0 Å². The van der Waals surface area contributed by atoms with Crippen molar-refractivity contribution in [2.75, 3.05) is 0 Å². The Balaban J connectivity index is 2.92. The van der Waals surface area contributed by atoms with E-state index < -0.39 is 24.7 Å². The standard InChI is InChI=1S/C10H7Br2F3O3/c11-5-1-2-7(6(12)3-5)18-8(4-9(16)17)10(13,14)15/h1-3,8H,4H2,(H,16,17). The minimum Gasteiger partial charge on any atom is -0.481 e. The van der Waals surface area contributed by atoms with Gasteiger partial charge in [-0.2, -0.15) is 13.2 Å². The van der Waals surface area contributed by atoms with E-state index in [4.69, 9.17) is 9.84 Å². The van der Waals surface area contributed by atoms with E-state index in [1.807, 2.05) is 0 Å². The second-order valence-electron chi connectivity index (χ2n) is 3.32. The number of alkyl halides is 3. The van der Waals surface area contributed by atoms with E-state index in [1.54, 1.807) is 0 Å². The predicted molar refractivity (Wildman–Crippen MR) is 64.6 cm³/mol. The molecule has 1 atom stereocenters. The first kappa shape index (κ1) is 15.3. The van der Waals surface area contributed by atoms with Gasteiger partial charge in [0.2, 0.25) is 6.10 Å². The third-order valence-corrected chi connectivity index (χ3v) is 3.00. The van der Waals surface area contributed by atoms with Crippen molar-refractivity contribution in [1.82, 2.24) is 0 Å². The number of hydrogen-bond acceptors (Lipinski definition) is 2. The number of hydrogen-bond donors (Lipinski definition) is 1. The van der Waals surface area contributed by atoms with E-state index in [0.717, 1.165) is 0 Å². The highest BCUT2D eigenvalue weighted by Crippen LogP contribution is 2.33. The Bertz CT molecular complexity index is 448. The maximum Gasteiger partial charge on any atom is 0.426 e. The third-order valence-electron chi connectivity index (χ3n) is 1.89. The number of rotatable bonds is 4. The molecule has 8 heteroatoms. The van der Waals surface area contributed by atoms with E-state index >= 15 is 0 Å². The van der Waals surface area contributed by atoms with Gasteiger partial charge in [-0.25, -0.2) is 0 Å². The molecule has 1 rings (SSSR count). The Morgan fingerprint density at radius 3 is 2.44 bits per heavy atom. The van der Waals surface area contributed by atoms with E-state index in [0.29, 0.717) is 8.95 Å². The van der Waals surface area contributed by atoms with Crippen LogP contribution in [-0.2, 0) is 4.79 Å². The van der Waals surface area contributed by atoms with Gasteiger partial charge in [0.05, 0.1) is 10.9 Å². The van der Waals surface area contributed by atoms with Crippen molar-refractivity contribution < 1.29 is 27.8 Å². The molecule has 1 unspecified atom stereocenters. The number of halogens is 5. The van der Waals surface area contributed by atoms with E-state index in [-0.39, 0.29) is 5.75 Å². The number of benzene rings is 1. The molecule has 100 valence electrons. The van der Waals surface area contributed by atoms with Gasteiger partial charge < -0.3 is 9.84 Å². The lowest BCUT2D eigenvalue weighted by atomic mass is 10.2. The Morgan fingerprint density at radius 1 is 1.39 bits per heavy atom. The van der Waals surface area contributed by atoms with Crippen LogP contribution >= 0.6 is 31.9 Å². The quantitative estimate of drug-likeness (QED) is 0.843. The first-order valence-corrected chi connectivity index (χ1v) is 6.19. The minimum atomic E-state index is -4.75. The van der Waals surface area contributed by atoms with Crippen LogP contribution in [0, 0.1) is 0 Å². The molecule has 0 heterocycles. The summed E-state index contributed by atoms with van der Waals surface area (Å²) in [5.41, 5.74) is 0. The maximum absolute atomic E-state index is 12.6. The summed E-state index contributed by atoms with van der Waals surface area (Å²) < 4.78 is 43.4. The first-order chi connectivity index (χ1) is 8.20. The number of aliphatic carboxylic acids is 1. The van der Waals surface area contributed by atoms with Crippen LogP contribution in [-0.4, -0.2) is 23.4 Å². The summed E-state index contributed by atoms with van der Waals surface area (Å²) in [7, 11) is 0. The number of carbonyl (C=O) groups is 1. The summed E-state index contributed by atoms with van der Waals surface area (Å²) in [4.78, 5) is 10.4. The second kappa shape index (κ2) is 5.92. The minimum absolute atomic E-state index is 0.0678. The zero-order valence-electron chi connectivity index (χ0n) is 8.67. The highest BCUT2D eigenvalue weighted by Gasteiger charge is 2.43. The van der Waals surface area contributed by atoms with Gasteiger partial charge in [-0.15, -0.1) is 0 Å². The summed E-state index contributed by atoms with van der Waals surface area (Å²) in [5.74, 6) is -1.65. The van der Waals surface area contributed by atoms with Crippen LogP contribution < -0.4 is 4.74 Å². The van der Waals surface area contributed by atoms with E-state index in [9.17, 15) is 18.0 Å². The van der Waals surface area contributed by atoms with Crippen LogP contribution in [0.2, 0.25) is 0 Å². The van der Waals surface area contributed by atoms with Crippen LogP contribution in [0.3, 0.4) is 0 Å². The Labute approximate surface area is 117 Å². The van der Waals surface area contributed by atoms with Crippen molar-refractivity contribution >= 4 is 37.8 Å². The van der Waals surface area contributed by atoms with Gasteiger partial charge in [0.25, 0.3) is 0 Å². The topological polar surface area (TPSA) is 46.5 Å². The molecule has 0 bridgehead atoms. The monoisotopic (exact) mass is 390 g/mol. The van der Waals surface area contributed by atoms with Gasteiger partial charge in [-0.3, -0.25) is 4.79 Å². The van der Waals surface area contributed by atoms with Crippen LogP contribution in [0.5, 0.6) is 5.75 Å². The highest BCUT2D eigenvalue weighted by molar-refractivity contribution is 9.11. The van der Waals surface area contributed by atoms with Crippen molar-refractivity contribution in [2.24, 2.45) is 0 Å². The van der Waals surface area contributed by atoms with Crippen molar-refractivity contribution in [3.8, 4) is 5.75 Å². The molecule has 0 aromatic heterocycles. The second-order valence-corrected chi connectivity index (χ2v) is 5.09. The van der Waals surface area contributed by atoms with E-state index in [2.05, 4.69) is 31.9 Å². The zero-order valence-corrected chi connectivity index (χ0v) is 11.8. The van der Waals surface area contributed by atoms with Crippen molar-refractivity contribution in [2.45, 2.75) is 18.7 Å². The lowest BCUT2D eigenvalue weighted by Crippen LogP contribution is -2.36. The Morgan fingerprint density at radius 2 is 2.00 bits per heavy atom. The van der Waals surface area contributed by atoms with E-state index in [1.165, 1.54) is 18.2 Å². The molecule has 1 N–H and O–H groups in total. The fraction of sp³-hybridized carbons (Fsp3) is 0.300. The maximum atomic E-state index is 12.6. The van der Waals surface area contributed by atoms with Crippen LogP contribution in [0.15, 0.2) is 27.1 Å². The Hall–Kier alpha value is -0.760. The summed E-state index contributed by atoms with van der Waals surface area (Å²) in [6.07, 6.45) is -8.27. The normalized spacial score (nSPS) is 13.2. The van der Waals surface area contributed by atoms with Crippen LogP contribution in [0.25, 0.3) is 0 Å². The molecule has 0 saturated carbocycles. The molecule has 1 aromatic rings. The van der Waals surface area contributed by atoms with Gasteiger partial charge in [0.15, 0.2) is 0 Å². The summed E-state index contributed by atoms with van der Waals surface area (Å²) in [6.45, 7) is 0. The molecule has 3 nitrogen and oxygen atoms in total. The molecule has 0 radical (unpaired) electrons. The lowest BCUT2D eigenvalue weighted by molar-refractivity contribution is -0.200. The van der Waals surface area contributed by atoms with Crippen molar-refractivity contribution in [3.05, 3.63) is 27.1 Å². The van der Waals surface area contributed by atoms with Gasteiger partial charge in [0.1, 0.15) is 5.75 Å². The van der Waals surface area contributed by atoms with Crippen molar-refractivity contribution in [1.29, 1.82) is 0 Å². The average Bonchev–Trinajstić information content (AvgIpc) is 2.18. The van der Waals surface area contributed by atoms with Gasteiger partial charge >= 0.3 is 12.1 Å². The molecule has 0 saturated heterocycles. The summed E-state index contributed by atoms with van der Waals surface area (Å²) >= 11 is 6.18. The van der Waals surface area contributed by atoms with Crippen LogP contribution in [0.4, 0.5) is 13.2 Å². The molecule has 1 aromatic carbocycles. The highest BCUT2D eigenvalue weighted by atomic mass is 79.9.